The Hall–Kier alpha value is -2.24. The normalized spacial score (nSPS) is 24.8. The van der Waals surface area contributed by atoms with Crippen LogP contribution in [0.1, 0.15) is 0 Å². The lowest BCUT2D eigenvalue weighted by molar-refractivity contribution is -0.162. The van der Waals surface area contributed by atoms with E-state index >= 15 is 0 Å². The third-order valence-corrected chi connectivity index (χ3v) is 7.90. The van der Waals surface area contributed by atoms with Crippen LogP contribution >= 0.6 is 0 Å². The predicted molar refractivity (Wildman–Crippen MR) is 88.4 cm³/mol. The van der Waals surface area contributed by atoms with Crippen molar-refractivity contribution in [2.45, 2.75) is 16.4 Å². The number of carbonyl (C=O) groups is 2. The van der Waals surface area contributed by atoms with Crippen molar-refractivity contribution in [2.24, 2.45) is 0 Å². The van der Waals surface area contributed by atoms with Crippen molar-refractivity contribution in [1.29, 1.82) is 0 Å². The van der Waals surface area contributed by atoms with E-state index in [4.69, 9.17) is 4.74 Å². The molecular formula is C15H15NO8S2. The van der Waals surface area contributed by atoms with Gasteiger partial charge >= 0.3 is 5.97 Å². The van der Waals surface area contributed by atoms with E-state index < -0.39 is 60.2 Å². The smallest absolute Gasteiger partial charge is 0.352 e. The van der Waals surface area contributed by atoms with Gasteiger partial charge in [0.1, 0.15) is 5.70 Å². The number of benzene rings is 1. The molecule has 2 heterocycles. The van der Waals surface area contributed by atoms with Gasteiger partial charge in [-0.15, -0.1) is 0 Å². The van der Waals surface area contributed by atoms with Gasteiger partial charge in [-0.25, -0.2) is 21.6 Å². The number of carbonyl (C=O) groups excluding carboxylic acids is 1. The van der Waals surface area contributed by atoms with Crippen LogP contribution in [0.2, 0.25) is 0 Å². The first kappa shape index (κ1) is 18.5. The minimum Gasteiger partial charge on any atom is -0.477 e. The van der Waals surface area contributed by atoms with Gasteiger partial charge in [-0.1, -0.05) is 18.2 Å². The zero-order valence-electron chi connectivity index (χ0n) is 13.5. The molecule has 1 saturated heterocycles. The number of β-lactam (4-membered cyclic amide) rings is 1. The van der Waals surface area contributed by atoms with Gasteiger partial charge in [0.2, 0.25) is 0 Å². The summed E-state index contributed by atoms with van der Waals surface area (Å²) in [4.78, 5) is 24.3. The summed E-state index contributed by atoms with van der Waals surface area (Å²) in [7, 11) is -6.83. The van der Waals surface area contributed by atoms with E-state index in [9.17, 15) is 31.5 Å². The topological polar surface area (TPSA) is 135 Å². The highest BCUT2D eigenvalue weighted by atomic mass is 32.2. The molecule has 140 valence electrons. The summed E-state index contributed by atoms with van der Waals surface area (Å²) >= 11 is 0. The van der Waals surface area contributed by atoms with Crippen molar-refractivity contribution in [3.8, 4) is 0 Å². The first-order valence-electron chi connectivity index (χ1n) is 7.40. The van der Waals surface area contributed by atoms with Crippen LogP contribution in [0.3, 0.4) is 0 Å². The summed E-state index contributed by atoms with van der Waals surface area (Å²) in [5.74, 6) is -3.97. The largest absolute Gasteiger partial charge is 0.477 e. The Kier molecular flexibility index (Phi) is 4.41. The molecule has 0 aromatic heterocycles. The molecule has 2 aliphatic rings. The van der Waals surface area contributed by atoms with Crippen LogP contribution in [-0.2, 0) is 34.0 Å². The number of amides is 1. The van der Waals surface area contributed by atoms with Crippen molar-refractivity contribution in [2.75, 3.05) is 18.6 Å². The molecule has 0 bridgehead atoms. The second kappa shape index (κ2) is 6.18. The summed E-state index contributed by atoms with van der Waals surface area (Å²) in [6.45, 7) is 0. The van der Waals surface area contributed by atoms with Crippen LogP contribution in [0.25, 0.3) is 0 Å². The highest BCUT2D eigenvalue weighted by Gasteiger charge is 2.60. The summed E-state index contributed by atoms with van der Waals surface area (Å²) < 4.78 is 54.8. The van der Waals surface area contributed by atoms with Crippen LogP contribution in [0.4, 0.5) is 0 Å². The quantitative estimate of drug-likeness (QED) is 0.647. The number of carboxylic acid groups (broad SMARTS) is 1. The van der Waals surface area contributed by atoms with Crippen molar-refractivity contribution >= 4 is 31.6 Å². The fourth-order valence-electron chi connectivity index (χ4n) is 3.11. The molecule has 1 aromatic rings. The first-order valence-corrected chi connectivity index (χ1v) is 10.8. The number of carboxylic acids is 1. The molecule has 1 aromatic carbocycles. The third kappa shape index (κ3) is 2.81. The maximum atomic E-state index is 12.5. The molecule has 1 fully saturated rings. The highest BCUT2D eigenvalue weighted by molar-refractivity contribution is 7.93. The number of hydrogen-bond acceptors (Lipinski definition) is 7. The van der Waals surface area contributed by atoms with Crippen molar-refractivity contribution in [3.05, 3.63) is 41.6 Å². The standard InChI is InChI=1S/C15H15NO8S2/c1-24-12-13(17)16-11(15(18)19)9(8-26(22,23)14(12)16)7-25(20,21)10-5-3-2-4-6-10/h2-6,12,14H,7-8H2,1H3,(H,18,19)/t12-,14?/m0/s1. The van der Waals surface area contributed by atoms with Crippen molar-refractivity contribution in [1.82, 2.24) is 4.90 Å². The number of ether oxygens (including phenoxy) is 1. The van der Waals surface area contributed by atoms with Gasteiger partial charge in [0.05, 0.1) is 16.4 Å². The molecule has 26 heavy (non-hydrogen) atoms. The zero-order valence-corrected chi connectivity index (χ0v) is 15.2. The van der Waals surface area contributed by atoms with E-state index in [-0.39, 0.29) is 10.5 Å². The van der Waals surface area contributed by atoms with Crippen LogP contribution in [0, 0.1) is 0 Å². The summed E-state index contributed by atoms with van der Waals surface area (Å²) in [5.41, 5.74) is -0.955. The number of aliphatic carboxylic acids is 1. The molecule has 0 saturated carbocycles. The second-order valence-electron chi connectivity index (χ2n) is 5.89. The number of rotatable bonds is 5. The molecule has 9 nitrogen and oxygen atoms in total. The Morgan fingerprint density at radius 1 is 1.31 bits per heavy atom. The Morgan fingerprint density at radius 2 is 1.92 bits per heavy atom. The lowest BCUT2D eigenvalue weighted by atomic mass is 10.1. The Labute approximate surface area is 149 Å². The lowest BCUT2D eigenvalue weighted by Crippen LogP contribution is -2.70. The van der Waals surface area contributed by atoms with Gasteiger partial charge in [-0.05, 0) is 17.7 Å². The van der Waals surface area contributed by atoms with Crippen LogP contribution in [0.5, 0.6) is 0 Å². The number of methoxy groups -OCH3 is 1. The van der Waals surface area contributed by atoms with E-state index in [2.05, 4.69) is 0 Å². The summed E-state index contributed by atoms with van der Waals surface area (Å²) in [6, 6.07) is 7.25. The number of hydrogen-bond donors (Lipinski definition) is 1. The molecule has 1 unspecified atom stereocenters. The maximum Gasteiger partial charge on any atom is 0.352 e. The molecule has 3 rings (SSSR count). The summed E-state index contributed by atoms with van der Waals surface area (Å²) in [6.07, 6.45) is -1.29. The SMILES string of the molecule is CO[C@H]1C(=O)N2C(C(=O)O)=C(CS(=O)(=O)c3ccccc3)CS(=O)(=O)C12. The number of sulfone groups is 2. The van der Waals surface area contributed by atoms with Gasteiger partial charge in [-0.3, -0.25) is 9.69 Å². The predicted octanol–water partition coefficient (Wildman–Crippen LogP) is -0.589. The van der Waals surface area contributed by atoms with E-state index in [0.29, 0.717) is 4.90 Å². The van der Waals surface area contributed by atoms with Gasteiger partial charge < -0.3 is 9.84 Å². The zero-order chi connectivity index (χ0) is 19.3. The van der Waals surface area contributed by atoms with E-state index in [1.807, 2.05) is 0 Å². The van der Waals surface area contributed by atoms with Crippen LogP contribution in [0.15, 0.2) is 46.5 Å². The first-order chi connectivity index (χ1) is 12.1. The molecule has 1 N–H and O–H groups in total. The van der Waals surface area contributed by atoms with Crippen LogP contribution in [-0.4, -0.2) is 68.8 Å². The lowest BCUT2D eigenvalue weighted by Gasteiger charge is -2.48. The molecule has 0 spiro atoms. The number of fused-ring (bicyclic) bond motifs is 1. The minimum atomic E-state index is -3.99. The molecule has 11 heteroatoms. The molecule has 2 atom stereocenters. The fourth-order valence-corrected chi connectivity index (χ4v) is 6.71. The Bertz CT molecular complexity index is 1010. The van der Waals surface area contributed by atoms with E-state index in [1.54, 1.807) is 6.07 Å². The van der Waals surface area contributed by atoms with Crippen molar-refractivity contribution < 1.29 is 36.3 Å². The van der Waals surface area contributed by atoms with Gasteiger partial charge in [0, 0.05) is 7.11 Å². The Balaban J connectivity index is 2.09. The average molecular weight is 401 g/mol. The van der Waals surface area contributed by atoms with E-state index in [0.717, 1.165) is 7.11 Å². The van der Waals surface area contributed by atoms with Gasteiger partial charge in [0.15, 0.2) is 31.2 Å². The average Bonchev–Trinajstić information content (AvgIpc) is 2.55. The highest BCUT2D eigenvalue weighted by Crippen LogP contribution is 2.38. The van der Waals surface area contributed by atoms with E-state index in [1.165, 1.54) is 24.3 Å². The van der Waals surface area contributed by atoms with Crippen LogP contribution < -0.4 is 0 Å². The second-order valence-corrected chi connectivity index (χ2v) is 9.98. The minimum absolute atomic E-state index is 0.0681. The molecule has 0 radical (unpaired) electrons. The monoisotopic (exact) mass is 401 g/mol. The van der Waals surface area contributed by atoms with Gasteiger partial charge in [-0.2, -0.15) is 0 Å². The fraction of sp³-hybridized carbons (Fsp3) is 0.333. The molecule has 1 amide bonds. The maximum absolute atomic E-state index is 12.5. The molecular weight excluding hydrogens is 386 g/mol. The molecule has 0 aliphatic carbocycles. The summed E-state index contributed by atoms with van der Waals surface area (Å²) in [5, 5.41) is 8.01. The Morgan fingerprint density at radius 3 is 2.46 bits per heavy atom. The van der Waals surface area contributed by atoms with Crippen molar-refractivity contribution in [3.63, 3.8) is 0 Å². The third-order valence-electron chi connectivity index (χ3n) is 4.24. The molecule has 2 aliphatic heterocycles. The number of nitrogens with zero attached hydrogens (tertiary/aromatic N) is 1. The van der Waals surface area contributed by atoms with Gasteiger partial charge in [0.25, 0.3) is 5.91 Å².